The average molecular weight is 654 g/mol. The summed E-state index contributed by atoms with van der Waals surface area (Å²) in [7, 11) is 1.55. The predicted octanol–water partition coefficient (Wildman–Crippen LogP) is 4.71. The molecule has 0 unspecified atom stereocenters. The van der Waals surface area contributed by atoms with Gasteiger partial charge < -0.3 is 29.6 Å². The van der Waals surface area contributed by atoms with Crippen LogP contribution < -0.4 is 25.8 Å². The maximum Gasteiger partial charge on any atom is 0.490 e. The molecule has 1 aromatic carbocycles. The lowest BCUT2D eigenvalue weighted by Crippen LogP contribution is -2.47. The molecular formula is C27H31BrF3N7O4. The summed E-state index contributed by atoms with van der Waals surface area (Å²) in [4.78, 5) is 36.6. The second-order valence-corrected chi connectivity index (χ2v) is 10.6. The normalized spacial score (nSPS) is 14.1. The molecule has 11 nitrogen and oxygen atoms in total. The largest absolute Gasteiger partial charge is 0.494 e. The van der Waals surface area contributed by atoms with Gasteiger partial charge in [0.2, 0.25) is 5.95 Å². The number of nitrogens with one attached hydrogen (secondary N) is 2. The molecule has 15 heteroatoms. The molecule has 226 valence electrons. The van der Waals surface area contributed by atoms with Gasteiger partial charge in [-0.05, 0) is 54.0 Å². The zero-order chi connectivity index (χ0) is 30.4. The zero-order valence-corrected chi connectivity index (χ0v) is 24.8. The fourth-order valence-corrected chi connectivity index (χ4v) is 4.62. The van der Waals surface area contributed by atoms with Gasteiger partial charge in [-0.1, -0.05) is 0 Å². The number of anilines is 5. The first-order valence-corrected chi connectivity index (χ1v) is 13.9. The number of carbonyl (C=O) groups excluding carboxylic acids is 1. The van der Waals surface area contributed by atoms with Crippen LogP contribution in [0.3, 0.4) is 0 Å². The fourth-order valence-electron chi connectivity index (χ4n) is 4.33. The van der Waals surface area contributed by atoms with Crippen LogP contribution in [0.15, 0.2) is 52.0 Å². The molecule has 2 N–H and O–H groups in total. The second kappa shape index (κ2) is 13.4. The zero-order valence-electron chi connectivity index (χ0n) is 23.2. The third-order valence-corrected chi connectivity index (χ3v) is 7.15. The van der Waals surface area contributed by atoms with Crippen LogP contribution in [0.5, 0.6) is 5.75 Å². The first-order valence-electron chi connectivity index (χ1n) is 13.1. The van der Waals surface area contributed by atoms with Crippen LogP contribution in [-0.2, 0) is 9.53 Å². The van der Waals surface area contributed by atoms with Crippen LogP contribution in [0, 0.1) is 0 Å². The smallest absolute Gasteiger partial charge is 0.490 e. The number of rotatable bonds is 10. The predicted molar refractivity (Wildman–Crippen MR) is 156 cm³/mol. The lowest BCUT2D eigenvalue weighted by molar-refractivity contribution is -0.200. The molecular weight excluding hydrogens is 623 g/mol. The van der Waals surface area contributed by atoms with Gasteiger partial charge in [0.15, 0.2) is 5.82 Å². The molecule has 1 fully saturated rings. The Hall–Kier alpha value is -3.85. The van der Waals surface area contributed by atoms with Crippen LogP contribution in [-0.4, -0.2) is 78.0 Å². The maximum absolute atomic E-state index is 12.8. The Morgan fingerprint density at radius 1 is 1.12 bits per heavy atom. The second-order valence-electron chi connectivity index (χ2n) is 9.72. The number of ether oxygens (including phenoxy) is 2. The van der Waals surface area contributed by atoms with E-state index in [1.807, 2.05) is 36.9 Å². The lowest BCUT2D eigenvalue weighted by atomic mass is 10.2. The molecule has 3 heterocycles. The molecule has 1 aliphatic rings. The highest BCUT2D eigenvalue weighted by molar-refractivity contribution is 9.10. The molecule has 2 aromatic heterocycles. The summed E-state index contributed by atoms with van der Waals surface area (Å²) in [6, 6.07) is 9.12. The van der Waals surface area contributed by atoms with E-state index in [1.54, 1.807) is 36.2 Å². The Kier molecular flexibility index (Phi) is 9.93. The standard InChI is InChI=1S/C27H31BrF3N7O4/c1-17(2)38-8-4-5-21(24(38)39)33-23-19(28)16-32-26(35-23)34-20-7-6-18(15-22(20)41-3)37-11-9-36(10-12-37)13-14-42-25(40)27(29,30)31/h4-8,15-17H,9-14H2,1-3H3,(H2,32,33,34,35). The number of nitrogens with zero attached hydrogens (tertiary/aromatic N) is 5. The van der Waals surface area contributed by atoms with Crippen molar-refractivity contribution in [3.8, 4) is 5.75 Å². The van der Waals surface area contributed by atoms with E-state index in [0.717, 1.165) is 5.69 Å². The van der Waals surface area contributed by atoms with Crippen molar-refractivity contribution in [1.82, 2.24) is 19.4 Å². The number of halogens is 4. The Balaban J connectivity index is 1.39. The molecule has 0 atom stereocenters. The van der Waals surface area contributed by atoms with Crippen molar-refractivity contribution in [2.45, 2.75) is 26.1 Å². The number of benzene rings is 1. The molecule has 0 radical (unpaired) electrons. The molecule has 0 bridgehead atoms. The van der Waals surface area contributed by atoms with Crippen LogP contribution in [0.4, 0.5) is 42.0 Å². The number of methoxy groups -OCH3 is 1. The van der Waals surface area contributed by atoms with Crippen molar-refractivity contribution in [1.29, 1.82) is 0 Å². The molecule has 1 saturated heterocycles. The van der Waals surface area contributed by atoms with E-state index in [1.165, 1.54) is 0 Å². The van der Waals surface area contributed by atoms with Crippen molar-refractivity contribution in [2.75, 3.05) is 62.0 Å². The van der Waals surface area contributed by atoms with E-state index in [2.05, 4.69) is 46.2 Å². The summed E-state index contributed by atoms with van der Waals surface area (Å²) in [5.74, 6) is -0.924. The van der Waals surface area contributed by atoms with E-state index in [4.69, 9.17) is 4.74 Å². The highest BCUT2D eigenvalue weighted by Gasteiger charge is 2.40. The van der Waals surface area contributed by atoms with E-state index >= 15 is 0 Å². The number of alkyl halides is 3. The van der Waals surface area contributed by atoms with Gasteiger partial charge in [0.25, 0.3) is 5.56 Å². The minimum absolute atomic E-state index is 0.00260. The van der Waals surface area contributed by atoms with Crippen molar-refractivity contribution < 1.29 is 27.4 Å². The van der Waals surface area contributed by atoms with Crippen LogP contribution in [0.25, 0.3) is 0 Å². The van der Waals surface area contributed by atoms with Gasteiger partial charge in [-0.2, -0.15) is 18.2 Å². The molecule has 42 heavy (non-hydrogen) atoms. The van der Waals surface area contributed by atoms with Crippen molar-refractivity contribution in [3.05, 3.63) is 57.6 Å². The summed E-state index contributed by atoms with van der Waals surface area (Å²) in [5, 5.41) is 6.24. The van der Waals surface area contributed by atoms with Gasteiger partial charge in [-0.25, -0.2) is 9.78 Å². The Morgan fingerprint density at radius 3 is 2.52 bits per heavy atom. The van der Waals surface area contributed by atoms with Gasteiger partial charge in [-0.3, -0.25) is 9.69 Å². The third-order valence-electron chi connectivity index (χ3n) is 6.57. The van der Waals surface area contributed by atoms with Crippen LogP contribution in [0.1, 0.15) is 19.9 Å². The maximum atomic E-state index is 12.8. The molecule has 0 amide bonds. The Labute approximate surface area is 248 Å². The lowest BCUT2D eigenvalue weighted by Gasteiger charge is -2.36. The van der Waals surface area contributed by atoms with Gasteiger partial charge in [0.05, 0.1) is 17.3 Å². The molecule has 3 aromatic rings. The summed E-state index contributed by atoms with van der Waals surface area (Å²) in [6.45, 7) is 6.22. The summed E-state index contributed by atoms with van der Waals surface area (Å²) < 4.78 is 49.0. The summed E-state index contributed by atoms with van der Waals surface area (Å²) >= 11 is 3.43. The van der Waals surface area contributed by atoms with E-state index in [0.29, 0.717) is 53.6 Å². The van der Waals surface area contributed by atoms with Gasteiger partial charge in [-0.15, -0.1) is 0 Å². The molecule has 0 aliphatic carbocycles. The van der Waals surface area contributed by atoms with E-state index in [9.17, 15) is 22.8 Å². The number of hydrogen-bond donors (Lipinski definition) is 2. The number of aromatic nitrogens is 3. The number of piperazine rings is 1. The highest BCUT2D eigenvalue weighted by atomic mass is 79.9. The van der Waals surface area contributed by atoms with Gasteiger partial charge >= 0.3 is 12.1 Å². The Morgan fingerprint density at radius 2 is 1.86 bits per heavy atom. The third kappa shape index (κ3) is 7.70. The first kappa shape index (κ1) is 31.1. The summed E-state index contributed by atoms with van der Waals surface area (Å²) in [6.07, 6.45) is -1.68. The Bertz CT molecular complexity index is 1460. The van der Waals surface area contributed by atoms with Crippen molar-refractivity contribution >= 4 is 50.7 Å². The van der Waals surface area contributed by atoms with E-state index < -0.39 is 12.1 Å². The van der Waals surface area contributed by atoms with Crippen LogP contribution >= 0.6 is 15.9 Å². The monoisotopic (exact) mass is 653 g/mol. The molecule has 4 rings (SSSR count). The molecule has 0 saturated carbocycles. The average Bonchev–Trinajstić information content (AvgIpc) is 2.95. The number of pyridine rings is 1. The summed E-state index contributed by atoms with van der Waals surface area (Å²) in [5.41, 5.74) is 1.74. The first-order chi connectivity index (χ1) is 20.0. The minimum Gasteiger partial charge on any atom is -0.494 e. The minimum atomic E-state index is -4.98. The van der Waals surface area contributed by atoms with E-state index in [-0.39, 0.29) is 30.7 Å². The number of hydrogen-bond acceptors (Lipinski definition) is 10. The molecule has 1 aliphatic heterocycles. The van der Waals surface area contributed by atoms with Crippen molar-refractivity contribution in [3.63, 3.8) is 0 Å². The topological polar surface area (TPSA) is 114 Å². The van der Waals surface area contributed by atoms with Crippen molar-refractivity contribution in [2.24, 2.45) is 0 Å². The fraction of sp³-hybridized carbons (Fsp3) is 0.407. The SMILES string of the molecule is COc1cc(N2CCN(CCOC(=O)C(F)(F)F)CC2)ccc1Nc1ncc(Br)c(Nc2cccn(C(C)C)c2=O)n1. The van der Waals surface area contributed by atoms with Crippen LogP contribution in [0.2, 0.25) is 0 Å². The quantitative estimate of drug-likeness (QED) is 0.298. The van der Waals surface area contributed by atoms with Gasteiger partial charge in [0, 0.05) is 62.9 Å². The number of carbonyl (C=O) groups is 1. The highest BCUT2D eigenvalue weighted by Crippen LogP contribution is 2.33. The molecule has 0 spiro atoms. The number of esters is 1. The van der Waals surface area contributed by atoms with Gasteiger partial charge in [0.1, 0.15) is 18.0 Å².